The number of hydrogen-bond donors (Lipinski definition) is 2. The minimum absolute atomic E-state index is 0.0638. The number of carbonyl (C=O) groups excluding carboxylic acids is 1. The molecule has 1 amide bonds. The van der Waals surface area contributed by atoms with Gasteiger partial charge in [-0.1, -0.05) is 12.1 Å². The molecule has 0 saturated heterocycles. The Balaban J connectivity index is 2.51. The summed E-state index contributed by atoms with van der Waals surface area (Å²) in [6.07, 6.45) is 1.43. The molecule has 0 saturated carbocycles. The van der Waals surface area contributed by atoms with Crippen LogP contribution in [0.1, 0.15) is 23.0 Å². The normalized spacial score (nSPS) is 12.1. The van der Waals surface area contributed by atoms with Gasteiger partial charge >= 0.3 is 5.97 Å². The van der Waals surface area contributed by atoms with E-state index in [0.717, 1.165) is 0 Å². The van der Waals surface area contributed by atoms with Crippen LogP contribution in [-0.2, 0) is 4.79 Å². The molecule has 82 valence electrons. The van der Waals surface area contributed by atoms with E-state index in [1.165, 1.54) is 13.1 Å². The molecule has 1 rings (SSSR count). The van der Waals surface area contributed by atoms with E-state index >= 15 is 0 Å². The highest BCUT2D eigenvalue weighted by atomic mass is 16.5. The fraction of sp³-hybridized carbons (Fsp3) is 0.444. The summed E-state index contributed by atoms with van der Waals surface area (Å²) in [4.78, 5) is 21.9. The summed E-state index contributed by atoms with van der Waals surface area (Å²) in [5, 5.41) is 14.5. The molecule has 0 aliphatic heterocycles. The van der Waals surface area contributed by atoms with Gasteiger partial charge in [0.15, 0.2) is 0 Å². The van der Waals surface area contributed by atoms with Gasteiger partial charge in [-0.15, -0.1) is 0 Å². The van der Waals surface area contributed by atoms with Crippen molar-refractivity contribution in [3.63, 3.8) is 0 Å². The largest absolute Gasteiger partial charge is 0.481 e. The van der Waals surface area contributed by atoms with Gasteiger partial charge in [0, 0.05) is 12.1 Å². The average molecular weight is 212 g/mol. The zero-order chi connectivity index (χ0) is 11.4. The number of nitrogens with zero attached hydrogens (tertiary/aromatic N) is 1. The Morgan fingerprint density at radius 2 is 2.33 bits per heavy atom. The molecule has 15 heavy (non-hydrogen) atoms. The monoisotopic (exact) mass is 212 g/mol. The van der Waals surface area contributed by atoms with Gasteiger partial charge in [-0.2, -0.15) is 0 Å². The van der Waals surface area contributed by atoms with Crippen LogP contribution >= 0.6 is 0 Å². The van der Waals surface area contributed by atoms with Crippen molar-refractivity contribution in [3.05, 3.63) is 17.5 Å². The van der Waals surface area contributed by atoms with Crippen LogP contribution in [0.15, 0.2) is 10.7 Å². The average Bonchev–Trinajstić information content (AvgIpc) is 2.60. The molecule has 0 aliphatic rings. The van der Waals surface area contributed by atoms with E-state index in [0.29, 0.717) is 5.56 Å². The Bertz CT molecular complexity index is 372. The number of carbonyl (C=O) groups is 2. The lowest BCUT2D eigenvalue weighted by Gasteiger charge is -2.06. The highest BCUT2D eigenvalue weighted by Crippen LogP contribution is 2.05. The van der Waals surface area contributed by atoms with E-state index in [4.69, 9.17) is 9.63 Å². The number of aromatic nitrogens is 1. The van der Waals surface area contributed by atoms with Gasteiger partial charge in [-0.05, 0) is 6.92 Å². The third-order valence-corrected chi connectivity index (χ3v) is 1.95. The van der Waals surface area contributed by atoms with Gasteiger partial charge in [0.25, 0.3) is 5.91 Å². The van der Waals surface area contributed by atoms with Crippen LogP contribution in [0.25, 0.3) is 0 Å². The Hall–Kier alpha value is -1.85. The van der Waals surface area contributed by atoms with E-state index in [1.807, 2.05) is 0 Å². The number of aryl methyl sites for hydroxylation is 1. The standard InChI is InChI=1S/C9H12N2O4/c1-5-4-11-15-7(5)8(12)10-3-6(2)9(13)14/h4,6H,3H2,1-2H3,(H,10,12)(H,13,14). The summed E-state index contributed by atoms with van der Waals surface area (Å²) in [7, 11) is 0. The highest BCUT2D eigenvalue weighted by molar-refractivity contribution is 5.92. The first-order valence-corrected chi connectivity index (χ1v) is 4.44. The maximum atomic E-state index is 11.4. The molecule has 0 radical (unpaired) electrons. The maximum absolute atomic E-state index is 11.4. The maximum Gasteiger partial charge on any atom is 0.308 e. The molecule has 0 aliphatic carbocycles. The topological polar surface area (TPSA) is 92.4 Å². The summed E-state index contributed by atoms with van der Waals surface area (Å²) in [6, 6.07) is 0. The third-order valence-electron chi connectivity index (χ3n) is 1.95. The summed E-state index contributed by atoms with van der Waals surface area (Å²) in [5.74, 6) is -1.91. The zero-order valence-corrected chi connectivity index (χ0v) is 8.48. The Kier molecular flexibility index (Phi) is 3.43. The van der Waals surface area contributed by atoms with Crippen LogP contribution in [0.2, 0.25) is 0 Å². The first-order chi connectivity index (χ1) is 7.02. The molecule has 0 fully saturated rings. The lowest BCUT2D eigenvalue weighted by molar-refractivity contribution is -0.140. The number of rotatable bonds is 4. The van der Waals surface area contributed by atoms with Gasteiger partial charge in [-0.25, -0.2) is 0 Å². The predicted octanol–water partition coefficient (Wildman–Crippen LogP) is 0.434. The summed E-state index contributed by atoms with van der Waals surface area (Å²) >= 11 is 0. The molecule has 1 atom stereocenters. The molecule has 0 bridgehead atoms. The van der Waals surface area contributed by atoms with Gasteiger partial charge in [0.1, 0.15) is 0 Å². The molecule has 0 aromatic carbocycles. The van der Waals surface area contributed by atoms with Crippen molar-refractivity contribution < 1.29 is 19.2 Å². The molecule has 1 heterocycles. The molecule has 6 nitrogen and oxygen atoms in total. The predicted molar refractivity (Wildman–Crippen MR) is 50.4 cm³/mol. The van der Waals surface area contributed by atoms with Crippen molar-refractivity contribution in [2.45, 2.75) is 13.8 Å². The van der Waals surface area contributed by atoms with E-state index < -0.39 is 17.8 Å². The fourth-order valence-corrected chi connectivity index (χ4v) is 0.923. The van der Waals surface area contributed by atoms with Gasteiger partial charge < -0.3 is 14.9 Å². The van der Waals surface area contributed by atoms with Crippen molar-refractivity contribution >= 4 is 11.9 Å². The zero-order valence-electron chi connectivity index (χ0n) is 8.48. The van der Waals surface area contributed by atoms with E-state index in [2.05, 4.69) is 10.5 Å². The lowest BCUT2D eigenvalue weighted by atomic mass is 10.2. The fourth-order valence-electron chi connectivity index (χ4n) is 0.923. The van der Waals surface area contributed by atoms with Crippen molar-refractivity contribution in [3.8, 4) is 0 Å². The molecular weight excluding hydrogens is 200 g/mol. The number of aliphatic carboxylic acids is 1. The second kappa shape index (κ2) is 4.59. The van der Waals surface area contributed by atoms with Crippen molar-refractivity contribution in [2.24, 2.45) is 5.92 Å². The van der Waals surface area contributed by atoms with Crippen LogP contribution in [0.4, 0.5) is 0 Å². The smallest absolute Gasteiger partial charge is 0.308 e. The summed E-state index contributed by atoms with van der Waals surface area (Å²) in [6.45, 7) is 3.26. The minimum Gasteiger partial charge on any atom is -0.481 e. The molecule has 1 aromatic heterocycles. The molecule has 6 heteroatoms. The summed E-state index contributed by atoms with van der Waals surface area (Å²) < 4.78 is 4.71. The van der Waals surface area contributed by atoms with Crippen LogP contribution in [0.5, 0.6) is 0 Å². The molecule has 2 N–H and O–H groups in total. The number of carboxylic acid groups (broad SMARTS) is 1. The van der Waals surface area contributed by atoms with Crippen molar-refractivity contribution in [1.29, 1.82) is 0 Å². The molecule has 1 unspecified atom stereocenters. The van der Waals surface area contributed by atoms with Crippen LogP contribution in [-0.4, -0.2) is 28.7 Å². The Labute approximate surface area is 86.3 Å². The highest BCUT2D eigenvalue weighted by Gasteiger charge is 2.16. The van der Waals surface area contributed by atoms with Crippen LogP contribution in [0, 0.1) is 12.8 Å². The number of amides is 1. The van der Waals surface area contributed by atoms with Crippen LogP contribution < -0.4 is 5.32 Å². The Morgan fingerprint density at radius 3 is 2.80 bits per heavy atom. The SMILES string of the molecule is Cc1cnoc1C(=O)NCC(C)C(=O)O. The van der Waals surface area contributed by atoms with E-state index in [-0.39, 0.29) is 12.3 Å². The molecular formula is C9H12N2O4. The van der Waals surface area contributed by atoms with Crippen molar-refractivity contribution in [1.82, 2.24) is 10.5 Å². The number of nitrogens with one attached hydrogen (secondary N) is 1. The molecule has 1 aromatic rings. The number of carboxylic acids is 1. The quantitative estimate of drug-likeness (QED) is 0.755. The summed E-state index contributed by atoms with van der Waals surface area (Å²) in [5.41, 5.74) is 0.621. The van der Waals surface area contributed by atoms with Gasteiger partial charge in [0.2, 0.25) is 5.76 Å². The second-order valence-corrected chi connectivity index (χ2v) is 3.29. The van der Waals surface area contributed by atoms with E-state index in [9.17, 15) is 9.59 Å². The lowest BCUT2D eigenvalue weighted by Crippen LogP contribution is -2.31. The van der Waals surface area contributed by atoms with E-state index in [1.54, 1.807) is 6.92 Å². The van der Waals surface area contributed by atoms with Gasteiger partial charge in [-0.3, -0.25) is 9.59 Å². The van der Waals surface area contributed by atoms with Crippen molar-refractivity contribution in [2.75, 3.05) is 6.54 Å². The number of hydrogen-bond acceptors (Lipinski definition) is 4. The Morgan fingerprint density at radius 1 is 1.67 bits per heavy atom. The third kappa shape index (κ3) is 2.80. The molecule has 0 spiro atoms. The van der Waals surface area contributed by atoms with Gasteiger partial charge in [0.05, 0.1) is 12.1 Å². The minimum atomic E-state index is -0.954. The first kappa shape index (κ1) is 11.2. The first-order valence-electron chi connectivity index (χ1n) is 4.44. The second-order valence-electron chi connectivity index (χ2n) is 3.29. The van der Waals surface area contributed by atoms with Crippen LogP contribution in [0.3, 0.4) is 0 Å².